The molecule has 1 aliphatic rings. The molecule has 4 rings (SSSR count). The first-order valence-electron chi connectivity index (χ1n) is 13.2. The topological polar surface area (TPSA) is 138 Å². The summed E-state index contributed by atoms with van der Waals surface area (Å²) in [6, 6.07) is 13.8. The van der Waals surface area contributed by atoms with Crippen LogP contribution in [-0.4, -0.2) is 51.5 Å². The second-order valence-corrected chi connectivity index (χ2v) is 11.2. The highest BCUT2D eigenvalue weighted by Gasteiger charge is 2.36. The normalized spacial score (nSPS) is 14.5. The molecule has 1 heterocycles. The van der Waals surface area contributed by atoms with Crippen molar-refractivity contribution in [3.8, 4) is 23.0 Å². The van der Waals surface area contributed by atoms with E-state index in [9.17, 15) is 22.8 Å². The molecular weight excluding hydrogens is 600 g/mol. The Labute approximate surface area is 254 Å². The first-order chi connectivity index (χ1) is 20.6. The Morgan fingerprint density at radius 2 is 1.60 bits per heavy atom. The molecule has 0 aromatic heterocycles. The van der Waals surface area contributed by atoms with Gasteiger partial charge >= 0.3 is 16.1 Å². The Balaban J connectivity index is 1.58. The number of nitrogens with zero attached hydrogens (tertiary/aromatic N) is 1. The Hall–Kier alpha value is -4.55. The van der Waals surface area contributed by atoms with Gasteiger partial charge in [-0.2, -0.15) is 8.42 Å². The van der Waals surface area contributed by atoms with E-state index in [-0.39, 0.29) is 28.5 Å². The Morgan fingerprint density at radius 1 is 0.884 bits per heavy atom. The summed E-state index contributed by atoms with van der Waals surface area (Å²) in [4.78, 5) is 39.4. The number of imide groups is 2. The summed E-state index contributed by atoms with van der Waals surface area (Å²) in [6.07, 6.45) is 2.08. The van der Waals surface area contributed by atoms with Gasteiger partial charge < -0.3 is 18.4 Å². The number of carbonyl (C=O) groups excluding carboxylic acids is 3. The van der Waals surface area contributed by atoms with Crippen molar-refractivity contribution < 1.29 is 41.2 Å². The third kappa shape index (κ3) is 7.46. The van der Waals surface area contributed by atoms with Gasteiger partial charge in [-0.05, 0) is 79.1 Å². The van der Waals surface area contributed by atoms with E-state index in [1.165, 1.54) is 55.7 Å². The van der Waals surface area contributed by atoms with E-state index >= 15 is 0 Å². The van der Waals surface area contributed by atoms with Crippen LogP contribution in [-0.2, 0) is 26.3 Å². The molecule has 4 amide bonds. The second-order valence-electron chi connectivity index (χ2n) is 9.17. The van der Waals surface area contributed by atoms with Crippen LogP contribution in [0.4, 0.5) is 4.79 Å². The van der Waals surface area contributed by atoms with E-state index in [2.05, 4.69) is 5.32 Å². The number of halogens is 1. The molecule has 1 aliphatic heterocycles. The zero-order valence-electron chi connectivity index (χ0n) is 23.6. The third-order valence-corrected chi connectivity index (χ3v) is 7.60. The molecule has 226 valence electrons. The minimum absolute atomic E-state index is 0.0253. The van der Waals surface area contributed by atoms with Crippen molar-refractivity contribution in [1.82, 2.24) is 10.2 Å². The quantitative estimate of drug-likeness (QED) is 0.167. The van der Waals surface area contributed by atoms with Gasteiger partial charge in [-0.1, -0.05) is 30.7 Å². The standard InChI is InChI=1S/C30H29ClN2O9S/c1-4-14-41-24-12-7-20(17-27(24)40-5-2)18-33-29(35)23(28(34)32-30(33)36)15-19-6-13-25(26(16-19)39-3)42-43(37,38)22-10-8-21(31)9-11-22/h6-13,15-17H,4-5,14,18H2,1-3H3,(H,32,34,36)/b23-15+. The van der Waals surface area contributed by atoms with E-state index in [0.717, 1.165) is 11.3 Å². The van der Waals surface area contributed by atoms with Crippen LogP contribution >= 0.6 is 11.6 Å². The van der Waals surface area contributed by atoms with Gasteiger partial charge in [0.05, 0.1) is 26.9 Å². The first-order valence-corrected chi connectivity index (χ1v) is 15.0. The zero-order chi connectivity index (χ0) is 31.1. The van der Waals surface area contributed by atoms with Crippen LogP contribution in [0.3, 0.4) is 0 Å². The minimum atomic E-state index is -4.21. The van der Waals surface area contributed by atoms with Gasteiger partial charge in [-0.15, -0.1) is 0 Å². The average molecular weight is 629 g/mol. The Morgan fingerprint density at radius 3 is 2.28 bits per heavy atom. The van der Waals surface area contributed by atoms with Gasteiger partial charge in [-0.3, -0.25) is 19.8 Å². The van der Waals surface area contributed by atoms with Crippen molar-refractivity contribution in [3.63, 3.8) is 0 Å². The summed E-state index contributed by atoms with van der Waals surface area (Å²) in [5, 5.41) is 2.54. The number of benzene rings is 3. The molecule has 1 saturated heterocycles. The lowest BCUT2D eigenvalue weighted by Crippen LogP contribution is -2.53. The van der Waals surface area contributed by atoms with Crippen LogP contribution in [0.25, 0.3) is 6.08 Å². The van der Waals surface area contributed by atoms with Crippen molar-refractivity contribution in [2.24, 2.45) is 0 Å². The number of urea groups is 1. The number of ether oxygens (including phenoxy) is 3. The molecule has 0 radical (unpaired) electrons. The largest absolute Gasteiger partial charge is 0.493 e. The molecular formula is C30H29ClN2O9S. The van der Waals surface area contributed by atoms with Gasteiger partial charge in [-0.25, -0.2) is 4.79 Å². The molecule has 0 saturated carbocycles. The predicted octanol–water partition coefficient (Wildman–Crippen LogP) is 4.97. The molecule has 13 heteroatoms. The summed E-state index contributed by atoms with van der Waals surface area (Å²) >= 11 is 5.84. The van der Waals surface area contributed by atoms with E-state index in [0.29, 0.717) is 40.9 Å². The molecule has 43 heavy (non-hydrogen) atoms. The molecule has 0 spiro atoms. The zero-order valence-corrected chi connectivity index (χ0v) is 25.2. The number of amides is 4. The maximum atomic E-state index is 13.3. The number of hydrogen-bond acceptors (Lipinski definition) is 9. The maximum Gasteiger partial charge on any atom is 0.339 e. The number of barbiturate groups is 1. The van der Waals surface area contributed by atoms with Crippen LogP contribution < -0.4 is 23.7 Å². The smallest absolute Gasteiger partial charge is 0.339 e. The molecule has 11 nitrogen and oxygen atoms in total. The van der Waals surface area contributed by atoms with Crippen LogP contribution in [0, 0.1) is 0 Å². The number of hydrogen-bond donors (Lipinski definition) is 1. The fraction of sp³-hybridized carbons (Fsp3) is 0.233. The van der Waals surface area contributed by atoms with Crippen molar-refractivity contribution in [1.29, 1.82) is 0 Å². The van der Waals surface area contributed by atoms with E-state index < -0.39 is 28.0 Å². The fourth-order valence-electron chi connectivity index (χ4n) is 4.05. The molecule has 3 aromatic carbocycles. The predicted molar refractivity (Wildman–Crippen MR) is 158 cm³/mol. The SMILES string of the molecule is CCCOc1ccc(CN2C(=O)NC(=O)/C(=C\c3ccc(OS(=O)(=O)c4ccc(Cl)cc4)c(OC)c3)C2=O)cc1OCC. The number of carbonyl (C=O) groups is 3. The van der Waals surface area contributed by atoms with Gasteiger partial charge in [0.1, 0.15) is 10.5 Å². The van der Waals surface area contributed by atoms with E-state index in [1.807, 2.05) is 13.8 Å². The highest BCUT2D eigenvalue weighted by Crippen LogP contribution is 2.33. The molecule has 3 aromatic rings. The van der Waals surface area contributed by atoms with E-state index in [1.54, 1.807) is 18.2 Å². The summed E-state index contributed by atoms with van der Waals surface area (Å²) in [5.74, 6) is -0.779. The maximum absolute atomic E-state index is 13.3. The van der Waals surface area contributed by atoms with Crippen LogP contribution in [0.2, 0.25) is 5.02 Å². The highest BCUT2D eigenvalue weighted by atomic mass is 35.5. The number of methoxy groups -OCH3 is 1. The van der Waals surface area contributed by atoms with Gasteiger partial charge in [0.2, 0.25) is 0 Å². The fourth-order valence-corrected chi connectivity index (χ4v) is 5.11. The molecule has 0 unspecified atom stereocenters. The van der Waals surface area contributed by atoms with Crippen molar-refractivity contribution in [2.45, 2.75) is 31.7 Å². The lowest BCUT2D eigenvalue weighted by Gasteiger charge is -2.26. The number of rotatable bonds is 12. The summed E-state index contributed by atoms with van der Waals surface area (Å²) in [6.45, 7) is 4.55. The van der Waals surface area contributed by atoms with Gasteiger partial charge in [0.15, 0.2) is 23.0 Å². The minimum Gasteiger partial charge on any atom is -0.493 e. The van der Waals surface area contributed by atoms with Crippen molar-refractivity contribution in [3.05, 3.63) is 82.4 Å². The highest BCUT2D eigenvalue weighted by molar-refractivity contribution is 7.87. The van der Waals surface area contributed by atoms with Crippen molar-refractivity contribution in [2.75, 3.05) is 20.3 Å². The first kappa shape index (κ1) is 31.4. The van der Waals surface area contributed by atoms with Gasteiger partial charge in [0, 0.05) is 5.02 Å². The van der Waals surface area contributed by atoms with Crippen molar-refractivity contribution >= 4 is 45.6 Å². The molecule has 0 bridgehead atoms. The lowest BCUT2D eigenvalue weighted by atomic mass is 10.1. The number of nitrogens with one attached hydrogen (secondary N) is 1. The third-order valence-electron chi connectivity index (χ3n) is 6.10. The van der Waals surface area contributed by atoms with E-state index in [4.69, 9.17) is 30.0 Å². The lowest BCUT2D eigenvalue weighted by molar-refractivity contribution is -0.130. The second kappa shape index (κ2) is 13.6. The molecule has 0 aliphatic carbocycles. The van der Waals surface area contributed by atoms with Gasteiger partial charge in [0.25, 0.3) is 11.8 Å². The Bertz CT molecular complexity index is 1670. The van der Waals surface area contributed by atoms with Crippen LogP contribution in [0.15, 0.2) is 71.1 Å². The molecule has 0 atom stereocenters. The van der Waals surface area contributed by atoms with Crippen LogP contribution in [0.1, 0.15) is 31.4 Å². The summed E-state index contributed by atoms with van der Waals surface area (Å²) in [5.41, 5.74) is 0.587. The Kier molecular flexibility index (Phi) is 9.94. The summed E-state index contributed by atoms with van der Waals surface area (Å²) in [7, 11) is -2.90. The average Bonchev–Trinajstić information content (AvgIpc) is 2.98. The summed E-state index contributed by atoms with van der Waals surface area (Å²) < 4.78 is 47.4. The molecule has 1 N–H and O–H groups in total. The monoisotopic (exact) mass is 628 g/mol. The van der Waals surface area contributed by atoms with Crippen LogP contribution in [0.5, 0.6) is 23.0 Å². The molecule has 1 fully saturated rings.